The fraction of sp³-hybridized carbons (Fsp3) is 0.778. The van der Waals surface area contributed by atoms with Crippen molar-refractivity contribution in [1.29, 1.82) is 0 Å². The number of ether oxygens (including phenoxy) is 1. The second-order valence-corrected chi connectivity index (χ2v) is 3.66. The van der Waals surface area contributed by atoms with Crippen molar-refractivity contribution in [1.82, 2.24) is 10.2 Å². The van der Waals surface area contributed by atoms with E-state index in [4.69, 9.17) is 14.9 Å². The molecule has 2 heterocycles. The maximum absolute atomic E-state index is 5.53. The molecule has 0 radical (unpaired) electrons. The predicted octanol–water partition coefficient (Wildman–Crippen LogP) is 0.143. The van der Waals surface area contributed by atoms with Gasteiger partial charge >= 0.3 is 6.01 Å². The van der Waals surface area contributed by atoms with Gasteiger partial charge in [-0.1, -0.05) is 5.10 Å². The molecule has 0 aliphatic carbocycles. The van der Waals surface area contributed by atoms with Crippen molar-refractivity contribution in [2.75, 3.05) is 24.6 Å². The number of nitrogens with two attached hydrogens (primary N) is 1. The first-order valence-corrected chi connectivity index (χ1v) is 5.18. The van der Waals surface area contributed by atoms with Crippen LogP contribution in [-0.4, -0.2) is 36.0 Å². The minimum absolute atomic E-state index is 0.195. The smallest absolute Gasteiger partial charge is 0.318 e. The number of nitrogens with zero attached hydrogens (tertiary/aromatic N) is 3. The van der Waals surface area contributed by atoms with Crippen molar-refractivity contribution < 1.29 is 9.15 Å². The number of hydrogen-bond acceptors (Lipinski definition) is 6. The van der Waals surface area contributed by atoms with Crippen molar-refractivity contribution in [2.24, 2.45) is 5.73 Å². The van der Waals surface area contributed by atoms with Crippen molar-refractivity contribution in [3.8, 4) is 0 Å². The highest BCUT2D eigenvalue weighted by Crippen LogP contribution is 2.15. The molecule has 1 atom stereocenters. The Kier molecular flexibility index (Phi) is 3.17. The summed E-state index contributed by atoms with van der Waals surface area (Å²) in [5.74, 6) is 0.475. The second kappa shape index (κ2) is 4.59. The topological polar surface area (TPSA) is 77.4 Å². The molecule has 15 heavy (non-hydrogen) atoms. The van der Waals surface area contributed by atoms with Gasteiger partial charge in [-0.3, -0.25) is 0 Å². The standard InChI is InChI=1S/C9H16N4O2/c1-7-6-13(3-2-4-14-7)9-12-11-8(5-10)15-9/h7H,2-6,10H2,1H3. The maximum atomic E-state index is 5.53. The highest BCUT2D eigenvalue weighted by Gasteiger charge is 2.19. The Hall–Kier alpha value is -1.14. The molecule has 0 bridgehead atoms. The first kappa shape index (κ1) is 10.4. The molecule has 1 unspecified atom stereocenters. The second-order valence-electron chi connectivity index (χ2n) is 3.66. The molecule has 2 N–H and O–H groups in total. The van der Waals surface area contributed by atoms with E-state index in [-0.39, 0.29) is 12.6 Å². The summed E-state index contributed by atoms with van der Waals surface area (Å²) in [6, 6.07) is 0.549. The van der Waals surface area contributed by atoms with Crippen LogP contribution in [0.4, 0.5) is 6.01 Å². The molecule has 1 aliphatic heterocycles. The molecular formula is C9H16N4O2. The van der Waals surface area contributed by atoms with Crippen molar-refractivity contribution in [3.63, 3.8) is 0 Å². The Balaban J connectivity index is 2.07. The van der Waals surface area contributed by atoms with E-state index < -0.39 is 0 Å². The largest absolute Gasteiger partial charge is 0.407 e. The Morgan fingerprint density at radius 2 is 2.40 bits per heavy atom. The predicted molar refractivity (Wildman–Crippen MR) is 54.4 cm³/mol. The van der Waals surface area contributed by atoms with E-state index in [2.05, 4.69) is 10.2 Å². The quantitative estimate of drug-likeness (QED) is 0.751. The number of hydrogen-bond donors (Lipinski definition) is 1. The van der Waals surface area contributed by atoms with Gasteiger partial charge in [0.15, 0.2) is 0 Å². The van der Waals surface area contributed by atoms with Crippen LogP contribution in [-0.2, 0) is 11.3 Å². The fourth-order valence-corrected chi connectivity index (χ4v) is 1.62. The number of aromatic nitrogens is 2. The SMILES string of the molecule is CC1CN(c2nnc(CN)o2)CCCO1. The van der Waals surface area contributed by atoms with Gasteiger partial charge in [0, 0.05) is 19.7 Å². The summed E-state index contributed by atoms with van der Waals surface area (Å²) in [5.41, 5.74) is 5.41. The molecule has 0 saturated carbocycles. The van der Waals surface area contributed by atoms with E-state index in [1.807, 2.05) is 11.8 Å². The Morgan fingerprint density at radius 1 is 1.53 bits per heavy atom. The molecule has 6 nitrogen and oxygen atoms in total. The first-order chi connectivity index (χ1) is 7.29. The lowest BCUT2D eigenvalue weighted by Gasteiger charge is -2.18. The molecule has 0 amide bonds. The van der Waals surface area contributed by atoms with Gasteiger partial charge in [0.1, 0.15) is 0 Å². The summed E-state index contributed by atoms with van der Waals surface area (Å²) in [7, 11) is 0. The molecule has 2 rings (SSSR count). The fourth-order valence-electron chi connectivity index (χ4n) is 1.62. The zero-order chi connectivity index (χ0) is 10.7. The van der Waals surface area contributed by atoms with Gasteiger partial charge in [0.05, 0.1) is 12.6 Å². The summed E-state index contributed by atoms with van der Waals surface area (Å²) in [4.78, 5) is 2.05. The van der Waals surface area contributed by atoms with Crippen LogP contribution in [0, 0.1) is 0 Å². The van der Waals surface area contributed by atoms with Crippen LogP contribution >= 0.6 is 0 Å². The minimum Gasteiger partial charge on any atom is -0.407 e. The van der Waals surface area contributed by atoms with Crippen LogP contribution < -0.4 is 10.6 Å². The van der Waals surface area contributed by atoms with E-state index >= 15 is 0 Å². The Bertz CT molecular complexity index is 315. The molecule has 1 saturated heterocycles. The highest BCUT2D eigenvalue weighted by atomic mass is 16.5. The summed E-state index contributed by atoms with van der Waals surface area (Å²) in [5, 5.41) is 7.80. The van der Waals surface area contributed by atoms with E-state index in [1.165, 1.54) is 0 Å². The normalized spacial score (nSPS) is 22.8. The van der Waals surface area contributed by atoms with Gasteiger partial charge < -0.3 is 19.8 Å². The van der Waals surface area contributed by atoms with E-state index in [9.17, 15) is 0 Å². The molecule has 1 fully saturated rings. The van der Waals surface area contributed by atoms with Gasteiger partial charge in [-0.15, -0.1) is 5.10 Å². The lowest BCUT2D eigenvalue weighted by atomic mass is 10.4. The van der Waals surface area contributed by atoms with Crippen molar-refractivity contribution in [2.45, 2.75) is 26.0 Å². The minimum atomic E-state index is 0.195. The average Bonchev–Trinajstić information content (AvgIpc) is 2.61. The molecular weight excluding hydrogens is 196 g/mol. The van der Waals surface area contributed by atoms with E-state index in [1.54, 1.807) is 0 Å². The molecule has 0 aromatic carbocycles. The van der Waals surface area contributed by atoms with Crippen LogP contribution in [0.1, 0.15) is 19.2 Å². The van der Waals surface area contributed by atoms with Gasteiger partial charge in [-0.2, -0.15) is 0 Å². The third kappa shape index (κ3) is 2.45. The molecule has 1 aromatic rings. The summed E-state index contributed by atoms with van der Waals surface area (Å²) in [6.45, 7) is 4.78. The van der Waals surface area contributed by atoms with Crippen LogP contribution in [0.15, 0.2) is 4.42 Å². The molecule has 6 heteroatoms. The lowest BCUT2D eigenvalue weighted by Crippen LogP contribution is -2.30. The summed E-state index contributed by atoms with van der Waals surface area (Å²) in [6.07, 6.45) is 1.17. The Labute approximate surface area is 88.4 Å². The monoisotopic (exact) mass is 212 g/mol. The van der Waals surface area contributed by atoms with Crippen molar-refractivity contribution in [3.05, 3.63) is 5.89 Å². The van der Waals surface area contributed by atoms with Crippen LogP contribution in [0.25, 0.3) is 0 Å². The Morgan fingerprint density at radius 3 is 3.13 bits per heavy atom. The van der Waals surface area contributed by atoms with Crippen LogP contribution in [0.2, 0.25) is 0 Å². The van der Waals surface area contributed by atoms with Gasteiger partial charge in [0.2, 0.25) is 5.89 Å². The van der Waals surface area contributed by atoms with Gasteiger partial charge in [-0.05, 0) is 13.3 Å². The van der Waals surface area contributed by atoms with Crippen LogP contribution in [0.3, 0.4) is 0 Å². The lowest BCUT2D eigenvalue weighted by molar-refractivity contribution is 0.0818. The average molecular weight is 212 g/mol. The van der Waals surface area contributed by atoms with E-state index in [0.29, 0.717) is 11.9 Å². The van der Waals surface area contributed by atoms with E-state index in [0.717, 1.165) is 26.1 Å². The first-order valence-electron chi connectivity index (χ1n) is 5.18. The summed E-state index contributed by atoms with van der Waals surface area (Å²) >= 11 is 0. The van der Waals surface area contributed by atoms with Crippen molar-refractivity contribution >= 4 is 6.01 Å². The molecule has 1 aromatic heterocycles. The number of rotatable bonds is 2. The zero-order valence-electron chi connectivity index (χ0n) is 8.85. The molecule has 0 spiro atoms. The highest BCUT2D eigenvalue weighted by molar-refractivity contribution is 5.24. The summed E-state index contributed by atoms with van der Waals surface area (Å²) < 4.78 is 10.9. The third-order valence-corrected chi connectivity index (χ3v) is 2.35. The molecule has 84 valence electrons. The van der Waals surface area contributed by atoms with Gasteiger partial charge in [-0.25, -0.2) is 0 Å². The third-order valence-electron chi connectivity index (χ3n) is 2.35. The zero-order valence-corrected chi connectivity index (χ0v) is 8.85. The molecule has 1 aliphatic rings. The van der Waals surface area contributed by atoms with Crippen LogP contribution in [0.5, 0.6) is 0 Å². The van der Waals surface area contributed by atoms with Gasteiger partial charge in [0.25, 0.3) is 0 Å². The number of anilines is 1. The maximum Gasteiger partial charge on any atom is 0.318 e.